The van der Waals surface area contributed by atoms with Crippen molar-refractivity contribution in [3.05, 3.63) is 29.8 Å². The first-order valence-corrected chi connectivity index (χ1v) is 6.39. The lowest BCUT2D eigenvalue weighted by Gasteiger charge is -2.18. The van der Waals surface area contributed by atoms with E-state index in [-0.39, 0.29) is 0 Å². The minimum atomic E-state index is -0.745. The second kappa shape index (κ2) is 5.39. The van der Waals surface area contributed by atoms with Crippen LogP contribution in [0.5, 0.6) is 0 Å². The predicted molar refractivity (Wildman–Crippen MR) is 68.0 cm³/mol. The Morgan fingerprint density at radius 2 is 1.88 bits per heavy atom. The summed E-state index contributed by atoms with van der Waals surface area (Å²) in [4.78, 5) is 12.1. The molecule has 0 heterocycles. The summed E-state index contributed by atoms with van der Waals surface area (Å²) in [6.45, 7) is 5.63. The Morgan fingerprint density at radius 3 is 2.31 bits per heavy atom. The van der Waals surface area contributed by atoms with Crippen LogP contribution in [0.15, 0.2) is 29.2 Å². The Balaban J connectivity index is 2.58. The molecule has 0 saturated heterocycles. The zero-order chi connectivity index (χ0) is 12.2. The first kappa shape index (κ1) is 13.1. The number of benzene rings is 1. The van der Waals surface area contributed by atoms with E-state index in [1.165, 1.54) is 5.56 Å². The molecule has 1 aromatic carbocycles. The molecule has 16 heavy (non-hydrogen) atoms. The van der Waals surface area contributed by atoms with E-state index >= 15 is 0 Å². The van der Waals surface area contributed by atoms with Crippen LogP contribution < -0.4 is 0 Å². The molecule has 0 unspecified atom stereocenters. The van der Waals surface area contributed by atoms with Gasteiger partial charge in [0, 0.05) is 10.6 Å². The van der Waals surface area contributed by atoms with E-state index in [9.17, 15) is 4.79 Å². The zero-order valence-electron chi connectivity index (χ0n) is 9.99. The zero-order valence-corrected chi connectivity index (χ0v) is 10.8. The number of thioether (sulfide) groups is 1. The first-order valence-electron chi connectivity index (χ1n) is 5.41. The van der Waals surface area contributed by atoms with Crippen LogP contribution >= 0.6 is 11.8 Å². The van der Waals surface area contributed by atoms with Gasteiger partial charge < -0.3 is 5.11 Å². The van der Waals surface area contributed by atoms with Gasteiger partial charge in [0.25, 0.3) is 0 Å². The molecule has 0 aliphatic carbocycles. The number of carbonyl (C=O) groups is 1. The van der Waals surface area contributed by atoms with Gasteiger partial charge >= 0.3 is 5.97 Å². The summed E-state index contributed by atoms with van der Waals surface area (Å²) in [7, 11) is 0. The molecule has 88 valence electrons. The van der Waals surface area contributed by atoms with Gasteiger partial charge in [0.05, 0.1) is 5.41 Å². The van der Waals surface area contributed by atoms with Crippen molar-refractivity contribution in [2.45, 2.75) is 32.1 Å². The van der Waals surface area contributed by atoms with Gasteiger partial charge in [-0.15, -0.1) is 11.8 Å². The van der Waals surface area contributed by atoms with E-state index in [0.29, 0.717) is 5.75 Å². The fourth-order valence-corrected chi connectivity index (χ4v) is 2.13. The lowest BCUT2D eigenvalue weighted by Crippen LogP contribution is -2.26. The summed E-state index contributed by atoms with van der Waals surface area (Å²) in [5.41, 5.74) is 0.635. The average molecular weight is 238 g/mol. The number of aliphatic carboxylic acids is 1. The van der Waals surface area contributed by atoms with E-state index < -0.39 is 11.4 Å². The maximum atomic E-state index is 10.9. The lowest BCUT2D eigenvalue weighted by molar-refractivity contribution is -0.145. The van der Waals surface area contributed by atoms with Gasteiger partial charge in [0.15, 0.2) is 0 Å². The third kappa shape index (κ3) is 3.56. The number of carboxylic acid groups (broad SMARTS) is 1. The molecule has 0 aliphatic heterocycles. The topological polar surface area (TPSA) is 37.3 Å². The Kier molecular flexibility index (Phi) is 4.42. The maximum Gasteiger partial charge on any atom is 0.309 e. The number of carboxylic acids is 1. The van der Waals surface area contributed by atoms with Gasteiger partial charge in [-0.25, -0.2) is 0 Å². The minimum absolute atomic E-state index is 0.591. The molecule has 0 aromatic heterocycles. The van der Waals surface area contributed by atoms with Crippen molar-refractivity contribution in [3.8, 4) is 0 Å². The van der Waals surface area contributed by atoms with Crippen molar-refractivity contribution in [1.82, 2.24) is 0 Å². The summed E-state index contributed by atoms with van der Waals surface area (Å²) in [6.07, 6.45) is 1.03. The largest absolute Gasteiger partial charge is 0.481 e. The molecule has 0 amide bonds. The third-order valence-electron chi connectivity index (χ3n) is 2.51. The van der Waals surface area contributed by atoms with E-state index in [2.05, 4.69) is 31.2 Å². The van der Waals surface area contributed by atoms with Gasteiger partial charge in [0.1, 0.15) is 0 Å². The van der Waals surface area contributed by atoms with E-state index in [1.807, 2.05) is 0 Å². The van der Waals surface area contributed by atoms with Crippen LogP contribution in [-0.4, -0.2) is 16.8 Å². The third-order valence-corrected chi connectivity index (χ3v) is 3.98. The van der Waals surface area contributed by atoms with Crippen LogP contribution in [0.3, 0.4) is 0 Å². The van der Waals surface area contributed by atoms with Crippen molar-refractivity contribution in [1.29, 1.82) is 0 Å². The second-order valence-electron chi connectivity index (χ2n) is 4.48. The van der Waals surface area contributed by atoms with Crippen molar-refractivity contribution in [2.75, 3.05) is 5.75 Å². The molecule has 3 heteroatoms. The highest BCUT2D eigenvalue weighted by molar-refractivity contribution is 7.99. The average Bonchev–Trinajstić information content (AvgIpc) is 2.27. The molecule has 0 aliphatic rings. The minimum Gasteiger partial charge on any atom is -0.481 e. The molecule has 0 bridgehead atoms. The van der Waals surface area contributed by atoms with Gasteiger partial charge in [-0.3, -0.25) is 4.79 Å². The molecule has 0 fully saturated rings. The quantitative estimate of drug-likeness (QED) is 0.798. The summed E-state index contributed by atoms with van der Waals surface area (Å²) >= 11 is 1.59. The summed E-state index contributed by atoms with van der Waals surface area (Å²) < 4.78 is 0. The molecule has 1 N–H and O–H groups in total. The van der Waals surface area contributed by atoms with Crippen molar-refractivity contribution in [2.24, 2.45) is 5.41 Å². The summed E-state index contributed by atoms with van der Waals surface area (Å²) in [6, 6.07) is 8.30. The molecular formula is C13H18O2S. The molecule has 0 atom stereocenters. The first-order chi connectivity index (χ1) is 7.45. The highest BCUT2D eigenvalue weighted by Gasteiger charge is 2.26. The fourth-order valence-electron chi connectivity index (χ4n) is 1.15. The SMILES string of the molecule is CCc1ccc(SCC(C)(C)C(=O)O)cc1. The fraction of sp³-hybridized carbons (Fsp3) is 0.462. The Bertz CT molecular complexity index is 355. The Hall–Kier alpha value is -0.960. The highest BCUT2D eigenvalue weighted by atomic mass is 32.2. The van der Waals surface area contributed by atoms with E-state index in [0.717, 1.165) is 11.3 Å². The van der Waals surface area contributed by atoms with Gasteiger partial charge in [0.2, 0.25) is 0 Å². The summed E-state index contributed by atoms with van der Waals surface area (Å²) in [5, 5.41) is 8.99. The standard InChI is InChI=1S/C13H18O2S/c1-4-10-5-7-11(8-6-10)16-9-13(2,3)12(14)15/h5-8H,4,9H2,1-3H3,(H,14,15). The number of aryl methyl sites for hydroxylation is 1. The van der Waals surface area contributed by atoms with Crippen LogP contribution in [0.2, 0.25) is 0 Å². The van der Waals surface area contributed by atoms with Crippen molar-refractivity contribution in [3.63, 3.8) is 0 Å². The van der Waals surface area contributed by atoms with Crippen LogP contribution in [0.4, 0.5) is 0 Å². The van der Waals surface area contributed by atoms with Crippen LogP contribution in [0, 0.1) is 5.41 Å². The smallest absolute Gasteiger partial charge is 0.309 e. The van der Waals surface area contributed by atoms with E-state index in [1.54, 1.807) is 25.6 Å². The predicted octanol–water partition coefficient (Wildman–Crippen LogP) is 3.45. The van der Waals surface area contributed by atoms with Crippen molar-refractivity contribution < 1.29 is 9.90 Å². The molecular weight excluding hydrogens is 220 g/mol. The van der Waals surface area contributed by atoms with Gasteiger partial charge in [-0.1, -0.05) is 19.1 Å². The lowest BCUT2D eigenvalue weighted by atomic mass is 9.97. The molecule has 1 rings (SSSR count). The number of hydrogen-bond acceptors (Lipinski definition) is 2. The molecule has 2 nitrogen and oxygen atoms in total. The second-order valence-corrected chi connectivity index (χ2v) is 5.52. The molecule has 0 saturated carbocycles. The van der Waals surface area contributed by atoms with Gasteiger partial charge in [-0.2, -0.15) is 0 Å². The van der Waals surface area contributed by atoms with Crippen LogP contribution in [0.25, 0.3) is 0 Å². The molecule has 0 radical (unpaired) electrons. The molecule has 1 aromatic rings. The van der Waals surface area contributed by atoms with Crippen molar-refractivity contribution >= 4 is 17.7 Å². The Morgan fingerprint density at radius 1 is 1.31 bits per heavy atom. The van der Waals surface area contributed by atoms with E-state index in [4.69, 9.17) is 5.11 Å². The normalized spacial score (nSPS) is 11.4. The number of rotatable bonds is 5. The Labute approximate surface area is 101 Å². The monoisotopic (exact) mass is 238 g/mol. The highest BCUT2D eigenvalue weighted by Crippen LogP contribution is 2.27. The maximum absolute atomic E-state index is 10.9. The van der Waals surface area contributed by atoms with Crippen LogP contribution in [0.1, 0.15) is 26.3 Å². The van der Waals surface area contributed by atoms with Gasteiger partial charge in [-0.05, 0) is 38.0 Å². The molecule has 0 spiro atoms. The number of hydrogen-bond donors (Lipinski definition) is 1. The summed E-state index contributed by atoms with van der Waals surface area (Å²) in [5.74, 6) is -0.154. The van der Waals surface area contributed by atoms with Crippen LogP contribution in [-0.2, 0) is 11.2 Å².